The van der Waals surface area contributed by atoms with Crippen molar-refractivity contribution in [3.8, 4) is 17.0 Å². The van der Waals surface area contributed by atoms with Crippen LogP contribution in [0, 0.1) is 11.6 Å². The maximum Gasteiger partial charge on any atom is 0.245 e. The van der Waals surface area contributed by atoms with Crippen LogP contribution in [0.3, 0.4) is 0 Å². The van der Waals surface area contributed by atoms with Crippen molar-refractivity contribution in [2.75, 3.05) is 19.0 Å². The molecule has 2 amide bonds. The molecule has 9 heteroatoms. The lowest BCUT2D eigenvalue weighted by Crippen LogP contribution is -2.33. The van der Waals surface area contributed by atoms with E-state index in [1.54, 1.807) is 11.4 Å². The van der Waals surface area contributed by atoms with E-state index < -0.39 is 23.4 Å². The minimum absolute atomic E-state index is 0.0359. The van der Waals surface area contributed by atoms with E-state index in [1.165, 1.54) is 43.5 Å². The van der Waals surface area contributed by atoms with Crippen LogP contribution in [0.2, 0.25) is 0 Å². The quantitative estimate of drug-likeness (QED) is 0.618. The van der Waals surface area contributed by atoms with Gasteiger partial charge in [0.05, 0.1) is 25.8 Å². The third-order valence-corrected chi connectivity index (χ3v) is 4.65. The normalized spacial score (nSPS) is 10.4. The van der Waals surface area contributed by atoms with E-state index in [2.05, 4.69) is 15.6 Å². The number of ether oxygens (including phenoxy) is 1. The molecule has 1 aromatic heterocycles. The van der Waals surface area contributed by atoms with Crippen LogP contribution in [-0.4, -0.2) is 30.5 Å². The van der Waals surface area contributed by atoms with E-state index >= 15 is 0 Å². The minimum atomic E-state index is -0.468. The molecule has 0 bridgehead atoms. The van der Waals surface area contributed by atoms with Gasteiger partial charge in [-0.05, 0) is 35.9 Å². The smallest absolute Gasteiger partial charge is 0.245 e. The Bertz CT molecular complexity index is 1040. The van der Waals surface area contributed by atoms with Crippen molar-refractivity contribution in [3.05, 3.63) is 65.0 Å². The lowest BCUT2D eigenvalue weighted by molar-refractivity contribution is -0.123. The number of nitrogens with one attached hydrogen (secondary N) is 2. The summed E-state index contributed by atoms with van der Waals surface area (Å²) in [6.07, 6.45) is -0.0359. The Balaban J connectivity index is 1.55. The predicted octanol–water partition coefficient (Wildman–Crippen LogP) is 3.39. The molecular weight excluding hydrogens is 400 g/mol. The topological polar surface area (TPSA) is 80.3 Å². The van der Waals surface area contributed by atoms with Crippen LogP contribution < -0.4 is 15.4 Å². The molecule has 1 heterocycles. The zero-order valence-corrected chi connectivity index (χ0v) is 16.2. The summed E-state index contributed by atoms with van der Waals surface area (Å²) in [6, 6.07) is 9.76. The molecule has 0 atom stereocenters. The van der Waals surface area contributed by atoms with Crippen LogP contribution in [0.4, 0.5) is 13.9 Å². The highest BCUT2D eigenvalue weighted by Gasteiger charge is 2.13. The Hall–Kier alpha value is -3.33. The number of rotatable bonds is 7. The third-order valence-electron chi connectivity index (χ3n) is 3.89. The standard InChI is InChI=1S/C20H17F2N3O3S/c1-28-17-6-5-14(22)9-15(17)16-11-29-20(24-16)25-19(27)10-23-18(26)8-12-3-2-4-13(21)7-12/h2-7,9,11H,8,10H2,1H3,(H,23,26)(H,24,25,27). The van der Waals surface area contributed by atoms with Gasteiger partial charge in [0.1, 0.15) is 17.4 Å². The van der Waals surface area contributed by atoms with Crippen molar-refractivity contribution >= 4 is 28.3 Å². The molecule has 3 rings (SSSR count). The molecule has 29 heavy (non-hydrogen) atoms. The van der Waals surface area contributed by atoms with Crippen LogP contribution in [0.15, 0.2) is 47.8 Å². The summed E-state index contributed by atoms with van der Waals surface area (Å²) in [4.78, 5) is 28.2. The van der Waals surface area contributed by atoms with Crippen molar-refractivity contribution in [1.82, 2.24) is 10.3 Å². The largest absolute Gasteiger partial charge is 0.496 e. The highest BCUT2D eigenvalue weighted by atomic mass is 32.1. The number of amides is 2. The molecule has 0 saturated heterocycles. The molecule has 0 fully saturated rings. The number of carbonyl (C=O) groups is 2. The molecule has 0 unspecified atom stereocenters. The number of hydrogen-bond donors (Lipinski definition) is 2. The number of aromatic nitrogens is 1. The molecular formula is C20H17F2N3O3S. The highest BCUT2D eigenvalue weighted by Crippen LogP contribution is 2.32. The van der Waals surface area contributed by atoms with Gasteiger partial charge in [0.25, 0.3) is 0 Å². The van der Waals surface area contributed by atoms with Crippen LogP contribution >= 0.6 is 11.3 Å². The summed E-state index contributed by atoms with van der Waals surface area (Å²) in [5.74, 6) is -1.28. The number of thiazole rings is 1. The van der Waals surface area contributed by atoms with Crippen molar-refractivity contribution in [3.63, 3.8) is 0 Å². The number of anilines is 1. The first-order valence-electron chi connectivity index (χ1n) is 8.55. The molecule has 0 aliphatic rings. The van der Waals surface area contributed by atoms with Gasteiger partial charge < -0.3 is 15.4 Å². The first-order valence-corrected chi connectivity index (χ1v) is 9.43. The van der Waals surface area contributed by atoms with E-state index in [0.717, 1.165) is 11.3 Å². The molecule has 6 nitrogen and oxygen atoms in total. The van der Waals surface area contributed by atoms with Gasteiger partial charge in [0.15, 0.2) is 5.13 Å². The van der Waals surface area contributed by atoms with Crippen LogP contribution in [0.5, 0.6) is 5.75 Å². The lowest BCUT2D eigenvalue weighted by atomic mass is 10.1. The number of carbonyl (C=O) groups excluding carboxylic acids is 2. The molecule has 2 N–H and O–H groups in total. The summed E-state index contributed by atoms with van der Waals surface area (Å²) < 4.78 is 31.9. The maximum atomic E-state index is 13.5. The van der Waals surface area contributed by atoms with Gasteiger partial charge in [-0.15, -0.1) is 11.3 Å². The van der Waals surface area contributed by atoms with Gasteiger partial charge in [0.2, 0.25) is 11.8 Å². The molecule has 0 aliphatic heterocycles. The Labute approximate surface area is 169 Å². The SMILES string of the molecule is COc1ccc(F)cc1-c1csc(NC(=O)CNC(=O)Cc2cccc(F)c2)n1. The zero-order chi connectivity index (χ0) is 20.8. The van der Waals surface area contributed by atoms with Gasteiger partial charge in [-0.3, -0.25) is 9.59 Å². The van der Waals surface area contributed by atoms with Crippen LogP contribution in [-0.2, 0) is 16.0 Å². The fourth-order valence-electron chi connectivity index (χ4n) is 2.57. The maximum absolute atomic E-state index is 13.5. The molecule has 2 aromatic carbocycles. The average molecular weight is 417 g/mol. The van der Waals surface area contributed by atoms with Crippen molar-refractivity contribution in [2.45, 2.75) is 6.42 Å². The van der Waals surface area contributed by atoms with E-state index in [4.69, 9.17) is 4.74 Å². The van der Waals surface area contributed by atoms with Gasteiger partial charge in [-0.1, -0.05) is 12.1 Å². The van der Waals surface area contributed by atoms with Gasteiger partial charge in [0, 0.05) is 10.9 Å². The molecule has 3 aromatic rings. The summed E-state index contributed by atoms with van der Waals surface area (Å²) >= 11 is 1.16. The number of hydrogen-bond acceptors (Lipinski definition) is 5. The van der Waals surface area contributed by atoms with Crippen molar-refractivity contribution in [1.29, 1.82) is 0 Å². The van der Waals surface area contributed by atoms with Crippen LogP contribution in [0.25, 0.3) is 11.3 Å². The molecule has 0 saturated carbocycles. The number of methoxy groups -OCH3 is 1. The Morgan fingerprint density at radius 3 is 2.66 bits per heavy atom. The third kappa shape index (κ3) is 5.58. The van der Waals surface area contributed by atoms with Gasteiger partial charge >= 0.3 is 0 Å². The fourth-order valence-corrected chi connectivity index (χ4v) is 3.30. The molecule has 150 valence electrons. The Morgan fingerprint density at radius 1 is 1.10 bits per heavy atom. The lowest BCUT2D eigenvalue weighted by Gasteiger charge is -2.06. The number of nitrogens with zero attached hydrogens (tertiary/aromatic N) is 1. The summed E-state index contributed by atoms with van der Waals surface area (Å²) in [5.41, 5.74) is 1.43. The van der Waals surface area contributed by atoms with Crippen molar-refractivity contribution in [2.24, 2.45) is 0 Å². The van der Waals surface area contributed by atoms with Gasteiger partial charge in [-0.25, -0.2) is 13.8 Å². The van der Waals surface area contributed by atoms with Crippen molar-refractivity contribution < 1.29 is 23.1 Å². The second-order valence-corrected chi connectivity index (χ2v) is 6.87. The van der Waals surface area contributed by atoms with E-state index in [0.29, 0.717) is 27.7 Å². The first kappa shape index (κ1) is 20.4. The second kappa shape index (κ2) is 9.24. The molecule has 0 aliphatic carbocycles. The molecule has 0 radical (unpaired) electrons. The zero-order valence-electron chi connectivity index (χ0n) is 15.4. The predicted molar refractivity (Wildman–Crippen MR) is 106 cm³/mol. The summed E-state index contributed by atoms with van der Waals surface area (Å²) in [6.45, 7) is -0.258. The average Bonchev–Trinajstić information content (AvgIpc) is 3.14. The summed E-state index contributed by atoms with van der Waals surface area (Å²) in [5, 5.41) is 7.00. The number of halogens is 2. The highest BCUT2D eigenvalue weighted by molar-refractivity contribution is 7.14. The van der Waals surface area contributed by atoms with Gasteiger partial charge in [-0.2, -0.15) is 0 Å². The monoisotopic (exact) mass is 417 g/mol. The second-order valence-electron chi connectivity index (χ2n) is 6.01. The summed E-state index contributed by atoms with van der Waals surface area (Å²) in [7, 11) is 1.47. The Morgan fingerprint density at radius 2 is 1.90 bits per heavy atom. The van der Waals surface area contributed by atoms with E-state index in [9.17, 15) is 18.4 Å². The fraction of sp³-hybridized carbons (Fsp3) is 0.150. The van der Waals surface area contributed by atoms with E-state index in [1.807, 2.05) is 0 Å². The first-order chi connectivity index (χ1) is 13.9. The minimum Gasteiger partial charge on any atom is -0.496 e. The number of benzene rings is 2. The van der Waals surface area contributed by atoms with Crippen LogP contribution in [0.1, 0.15) is 5.56 Å². The molecule has 0 spiro atoms. The van der Waals surface area contributed by atoms with E-state index in [-0.39, 0.29) is 13.0 Å². The Kier molecular flexibility index (Phi) is 6.50.